The van der Waals surface area contributed by atoms with Gasteiger partial charge in [0.2, 0.25) is 0 Å². The van der Waals surface area contributed by atoms with Gasteiger partial charge >= 0.3 is 191 Å². The van der Waals surface area contributed by atoms with E-state index in [2.05, 4.69) is 44.8 Å². The van der Waals surface area contributed by atoms with Crippen molar-refractivity contribution in [1.82, 2.24) is 4.98 Å². The number of hydrogen-bond acceptors (Lipinski definition) is 4. The summed E-state index contributed by atoms with van der Waals surface area (Å²) in [6.07, 6.45) is 6.37. The fraction of sp³-hybridized carbons (Fsp3) is 0.520. The van der Waals surface area contributed by atoms with E-state index >= 15 is 0 Å². The quantitative estimate of drug-likeness (QED) is 0.417. The van der Waals surface area contributed by atoms with E-state index in [0.717, 1.165) is 46.9 Å². The van der Waals surface area contributed by atoms with Crippen molar-refractivity contribution < 1.29 is 19.7 Å². The molecular weight excluding hydrogens is 457 g/mol. The average molecular weight is 491 g/mol. The molecule has 6 heteroatoms. The molecule has 0 radical (unpaired) electrons. The Morgan fingerprint density at radius 2 is 1.74 bits per heavy atom. The van der Waals surface area contributed by atoms with E-state index in [9.17, 15) is 4.79 Å². The number of aliphatic hydroxyl groups excluding tert-OH is 1. The molecule has 1 aromatic heterocycles. The zero-order valence-electron chi connectivity index (χ0n) is 18.9. The maximum atomic E-state index is 11.1. The third-order valence-corrected chi connectivity index (χ3v) is 8.25. The van der Waals surface area contributed by atoms with Gasteiger partial charge in [-0.05, 0) is 0 Å². The molecule has 1 aliphatic rings. The fourth-order valence-electron chi connectivity index (χ4n) is 4.02. The molecule has 0 aliphatic heterocycles. The van der Waals surface area contributed by atoms with Gasteiger partial charge in [-0.2, -0.15) is 0 Å². The van der Waals surface area contributed by atoms with E-state index in [1.165, 1.54) is 17.3 Å². The number of carboxylic acids is 1. The van der Waals surface area contributed by atoms with Crippen LogP contribution in [0.25, 0.3) is 0 Å². The first-order valence-electron chi connectivity index (χ1n) is 10.9. The van der Waals surface area contributed by atoms with Crippen LogP contribution < -0.4 is 13.8 Å². The maximum absolute atomic E-state index is 11.1. The molecule has 1 aromatic carbocycles. The van der Waals surface area contributed by atoms with Crippen molar-refractivity contribution in [2.45, 2.75) is 70.6 Å². The molecule has 1 heterocycles. The van der Waals surface area contributed by atoms with Crippen molar-refractivity contribution in [3.8, 4) is 5.75 Å². The van der Waals surface area contributed by atoms with E-state index in [1.807, 2.05) is 6.07 Å². The number of carboxylic acid groups (broad SMARTS) is 1. The molecule has 0 amide bonds. The number of aromatic nitrogens is 1. The van der Waals surface area contributed by atoms with Crippen molar-refractivity contribution in [2.24, 2.45) is 0 Å². The number of rotatable bonds is 9. The minimum absolute atomic E-state index is 0.0931. The number of aliphatic hydroxyl groups is 1. The van der Waals surface area contributed by atoms with E-state index in [1.54, 1.807) is 6.07 Å². The average Bonchev–Trinajstić information content (AvgIpc) is 2.72. The Bertz CT molecular complexity index is 922. The first-order chi connectivity index (χ1) is 14.6. The zero-order chi connectivity index (χ0) is 22.6. The third-order valence-electron chi connectivity index (χ3n) is 6.17. The van der Waals surface area contributed by atoms with Crippen LogP contribution in [0.1, 0.15) is 81.3 Å². The van der Waals surface area contributed by atoms with Crippen LogP contribution in [0.4, 0.5) is 0 Å². The Balaban J connectivity index is 1.95. The molecule has 2 N–H and O–H groups in total. The van der Waals surface area contributed by atoms with E-state index in [4.69, 9.17) is 14.9 Å². The molecule has 3 rings (SSSR count). The summed E-state index contributed by atoms with van der Waals surface area (Å²) in [4.78, 5) is 15.5. The Hall–Kier alpha value is -1.88. The van der Waals surface area contributed by atoms with E-state index in [0.29, 0.717) is 6.61 Å². The second-order valence-electron chi connectivity index (χ2n) is 9.54. The number of unbranched alkanes of at least 4 members (excludes halogenated alkanes) is 2. The van der Waals surface area contributed by atoms with Gasteiger partial charge in [-0.25, -0.2) is 0 Å². The van der Waals surface area contributed by atoms with Gasteiger partial charge in [-0.3, -0.25) is 0 Å². The Morgan fingerprint density at radius 1 is 1.06 bits per heavy atom. The van der Waals surface area contributed by atoms with Gasteiger partial charge in [0, 0.05) is 0 Å². The Labute approximate surface area is 191 Å². The number of pyridine rings is 1. The number of fused-ring (bicyclic) bond motifs is 1. The molecule has 0 saturated heterocycles. The first-order valence-corrected chi connectivity index (χ1v) is 12.7. The number of nitrogens with zero attached hydrogens (tertiary/aromatic N) is 1. The number of hydrogen-bond donors (Lipinski definition) is 2. The summed E-state index contributed by atoms with van der Waals surface area (Å²) >= 11 is -0.0931. The van der Waals surface area contributed by atoms with Crippen molar-refractivity contribution in [3.63, 3.8) is 0 Å². The van der Waals surface area contributed by atoms with Crippen LogP contribution in [-0.2, 0) is 10.8 Å². The third kappa shape index (κ3) is 5.68. The second-order valence-corrected chi connectivity index (χ2v) is 11.8. The van der Waals surface area contributed by atoms with Crippen molar-refractivity contribution in [2.75, 3.05) is 13.2 Å². The number of ether oxygens (including phenoxy) is 1. The van der Waals surface area contributed by atoms with Crippen LogP contribution in [0.2, 0.25) is 0 Å². The monoisotopic (exact) mass is 491 g/mol. The Kier molecular flexibility index (Phi) is 7.46. The van der Waals surface area contributed by atoms with Crippen molar-refractivity contribution in [1.29, 1.82) is 0 Å². The van der Waals surface area contributed by atoms with Crippen LogP contribution in [0.3, 0.4) is 0 Å². The molecule has 0 unspecified atom stereocenters. The normalized spacial score (nSPS) is 16.5. The second kappa shape index (κ2) is 9.72. The summed E-state index contributed by atoms with van der Waals surface area (Å²) in [5.74, 6) is -0.0474. The molecule has 5 nitrogen and oxygen atoms in total. The van der Waals surface area contributed by atoms with Crippen molar-refractivity contribution in [3.05, 3.63) is 47.2 Å². The SMILES string of the molecule is CC1(C)CCC(C)(C)c2cc([Se]c3ccc(C(=O)O)cn3)c(OCCCCCO)cc21. The van der Waals surface area contributed by atoms with Crippen LogP contribution in [0.5, 0.6) is 5.75 Å². The molecule has 1 aliphatic carbocycles. The summed E-state index contributed by atoms with van der Waals surface area (Å²) in [5.41, 5.74) is 3.16. The summed E-state index contributed by atoms with van der Waals surface area (Å²) in [6.45, 7) is 10.1. The topological polar surface area (TPSA) is 79.7 Å². The molecule has 0 spiro atoms. The molecule has 31 heavy (non-hydrogen) atoms. The molecule has 168 valence electrons. The fourth-order valence-corrected chi connectivity index (χ4v) is 5.83. The van der Waals surface area contributed by atoms with Crippen molar-refractivity contribution >= 4 is 30.0 Å². The molecule has 2 aromatic rings. The molecular formula is C25H33NO4Se. The standard InChI is InChI=1S/C25H33NO4Se/c1-24(2)10-11-25(3,4)19-15-21(31-22-9-8-17(16-26-22)23(28)29)20(14-18(19)24)30-13-7-5-6-12-27/h8-9,14-16,27H,5-7,10-13H2,1-4H3,(H,28,29). The van der Waals surface area contributed by atoms with Crippen LogP contribution >= 0.6 is 0 Å². The van der Waals surface area contributed by atoms with Gasteiger partial charge in [0.1, 0.15) is 0 Å². The van der Waals surface area contributed by atoms with Gasteiger partial charge in [-0.15, -0.1) is 0 Å². The van der Waals surface area contributed by atoms with E-state index < -0.39 is 5.97 Å². The first kappa shape index (κ1) is 23.8. The molecule has 0 saturated carbocycles. The summed E-state index contributed by atoms with van der Waals surface area (Å²) in [7, 11) is 0. The number of aromatic carboxylic acids is 1. The summed E-state index contributed by atoms with van der Waals surface area (Å²) in [6, 6.07) is 7.98. The predicted molar refractivity (Wildman–Crippen MR) is 124 cm³/mol. The zero-order valence-corrected chi connectivity index (χ0v) is 20.6. The molecule has 0 fully saturated rings. The van der Waals surface area contributed by atoms with Crippen LogP contribution in [0, 0.1) is 0 Å². The van der Waals surface area contributed by atoms with Gasteiger partial charge in [-0.1, -0.05) is 0 Å². The van der Waals surface area contributed by atoms with Crippen LogP contribution in [-0.4, -0.2) is 49.3 Å². The molecule has 0 atom stereocenters. The molecule has 0 bridgehead atoms. The van der Waals surface area contributed by atoms with E-state index in [-0.39, 0.29) is 38.0 Å². The predicted octanol–water partition coefficient (Wildman–Crippen LogP) is 3.33. The van der Waals surface area contributed by atoms with Crippen LogP contribution in [0.15, 0.2) is 30.5 Å². The summed E-state index contributed by atoms with van der Waals surface area (Å²) < 4.78 is 8.29. The van der Waals surface area contributed by atoms with Gasteiger partial charge in [0.15, 0.2) is 0 Å². The Morgan fingerprint density at radius 3 is 2.32 bits per heavy atom. The number of carbonyl (C=O) groups is 1. The van der Waals surface area contributed by atoms with Gasteiger partial charge in [0.05, 0.1) is 0 Å². The summed E-state index contributed by atoms with van der Waals surface area (Å²) in [5, 5.41) is 18.1. The minimum atomic E-state index is -0.962. The van der Waals surface area contributed by atoms with Gasteiger partial charge in [0.25, 0.3) is 0 Å². The number of benzene rings is 1. The van der Waals surface area contributed by atoms with Gasteiger partial charge < -0.3 is 0 Å².